The first kappa shape index (κ1) is 16.0. The molecular weight excluding hydrogens is 358 g/mol. The van der Waals surface area contributed by atoms with Gasteiger partial charge >= 0.3 is 5.97 Å². The number of aliphatic hydroxyl groups excluding tert-OH is 1. The number of benzene rings is 1. The van der Waals surface area contributed by atoms with Crippen LogP contribution in [0.3, 0.4) is 0 Å². The second kappa shape index (κ2) is 6.59. The Hall–Kier alpha value is -1.38. The molecule has 1 aromatic carbocycles. The molecule has 0 aliphatic carbocycles. The van der Waals surface area contributed by atoms with E-state index in [0.29, 0.717) is 11.0 Å². The predicted molar refractivity (Wildman–Crippen MR) is 82.8 cm³/mol. The second-order valence-electron chi connectivity index (χ2n) is 4.47. The highest BCUT2D eigenvalue weighted by Crippen LogP contribution is 2.28. The number of thioether (sulfide) groups is 1. The highest BCUT2D eigenvalue weighted by molar-refractivity contribution is 9.10. The number of aryl methyl sites for hydroxylation is 2. The van der Waals surface area contributed by atoms with Gasteiger partial charge in [-0.25, -0.2) is 0 Å². The fourth-order valence-electron chi connectivity index (χ4n) is 1.93. The molecule has 0 radical (unpaired) electrons. The summed E-state index contributed by atoms with van der Waals surface area (Å²) in [5.41, 5.74) is 2.88. The Morgan fingerprint density at radius 2 is 1.95 bits per heavy atom. The molecule has 0 spiro atoms. The fourth-order valence-corrected chi connectivity index (χ4v) is 2.85. The molecule has 2 aromatic rings. The van der Waals surface area contributed by atoms with Crippen molar-refractivity contribution in [1.29, 1.82) is 0 Å². The summed E-state index contributed by atoms with van der Waals surface area (Å²) < 4.78 is 2.70. The molecule has 0 aliphatic heterocycles. The lowest BCUT2D eigenvalue weighted by atomic mass is 10.1. The van der Waals surface area contributed by atoms with Crippen molar-refractivity contribution < 1.29 is 15.0 Å². The van der Waals surface area contributed by atoms with Crippen LogP contribution in [0.1, 0.15) is 17.0 Å². The molecule has 2 N–H and O–H groups in total. The van der Waals surface area contributed by atoms with Crippen molar-refractivity contribution in [3.05, 3.63) is 33.6 Å². The number of aliphatic carboxylic acids is 1. The zero-order valence-electron chi connectivity index (χ0n) is 11.5. The van der Waals surface area contributed by atoms with E-state index in [0.717, 1.165) is 33.0 Å². The summed E-state index contributed by atoms with van der Waals surface area (Å²) in [4.78, 5) is 10.7. The van der Waals surface area contributed by atoms with Crippen LogP contribution in [0.25, 0.3) is 5.69 Å². The van der Waals surface area contributed by atoms with E-state index < -0.39 is 5.97 Å². The first-order valence-corrected chi connectivity index (χ1v) is 7.88. The van der Waals surface area contributed by atoms with Crippen LogP contribution in [-0.2, 0) is 11.4 Å². The molecule has 1 heterocycles. The summed E-state index contributed by atoms with van der Waals surface area (Å²) >= 11 is 4.58. The zero-order chi connectivity index (χ0) is 15.6. The molecule has 112 valence electrons. The third-order valence-electron chi connectivity index (χ3n) is 2.85. The molecule has 21 heavy (non-hydrogen) atoms. The maximum Gasteiger partial charge on any atom is 0.313 e. The second-order valence-corrected chi connectivity index (χ2v) is 6.20. The molecule has 0 aliphatic rings. The van der Waals surface area contributed by atoms with Crippen molar-refractivity contribution in [3.63, 3.8) is 0 Å². The SMILES string of the molecule is Cc1cc(-n2c(CO)nnc2SCC(=O)O)cc(C)c1Br. The van der Waals surface area contributed by atoms with Gasteiger partial charge < -0.3 is 10.2 Å². The van der Waals surface area contributed by atoms with Gasteiger partial charge in [-0.15, -0.1) is 10.2 Å². The van der Waals surface area contributed by atoms with Crippen molar-refractivity contribution in [3.8, 4) is 5.69 Å². The van der Waals surface area contributed by atoms with Crippen LogP contribution in [0.15, 0.2) is 21.8 Å². The summed E-state index contributed by atoms with van der Waals surface area (Å²) in [5.74, 6) is -0.662. The number of hydrogen-bond acceptors (Lipinski definition) is 5. The summed E-state index contributed by atoms with van der Waals surface area (Å²) in [6.45, 7) is 3.66. The maximum atomic E-state index is 10.7. The first-order chi connectivity index (χ1) is 9.93. The topological polar surface area (TPSA) is 88.2 Å². The Bertz CT molecular complexity index is 664. The quantitative estimate of drug-likeness (QED) is 0.784. The van der Waals surface area contributed by atoms with E-state index in [1.165, 1.54) is 0 Å². The normalized spacial score (nSPS) is 10.9. The van der Waals surface area contributed by atoms with Crippen molar-refractivity contribution in [2.45, 2.75) is 25.6 Å². The minimum absolute atomic E-state index is 0.113. The standard InChI is InChI=1S/C13H14BrN3O3S/c1-7-3-9(4-8(2)12(7)14)17-10(5-18)15-16-13(17)21-6-11(19)20/h3-4,18H,5-6H2,1-2H3,(H,19,20). The van der Waals surface area contributed by atoms with Crippen LogP contribution in [0.5, 0.6) is 0 Å². The third kappa shape index (κ3) is 3.45. The van der Waals surface area contributed by atoms with Gasteiger partial charge in [0.05, 0.1) is 11.4 Å². The van der Waals surface area contributed by atoms with Crippen molar-refractivity contribution in [2.75, 3.05) is 5.75 Å². The van der Waals surface area contributed by atoms with Crippen LogP contribution in [0, 0.1) is 13.8 Å². The molecule has 0 bridgehead atoms. The van der Waals surface area contributed by atoms with Crippen LogP contribution in [-0.4, -0.2) is 36.7 Å². The molecule has 0 atom stereocenters. The number of aromatic nitrogens is 3. The van der Waals surface area contributed by atoms with Gasteiger partial charge in [0.15, 0.2) is 11.0 Å². The minimum Gasteiger partial charge on any atom is -0.481 e. The number of carboxylic acids is 1. The Kier molecular flexibility index (Phi) is 5.02. The number of hydrogen-bond donors (Lipinski definition) is 2. The predicted octanol–water partition coefficient (Wildman–Crippen LogP) is 2.32. The van der Waals surface area contributed by atoms with E-state index in [1.54, 1.807) is 4.57 Å². The van der Waals surface area contributed by atoms with Gasteiger partial charge in [0.25, 0.3) is 0 Å². The van der Waals surface area contributed by atoms with Crippen LogP contribution >= 0.6 is 27.7 Å². The van der Waals surface area contributed by atoms with Gasteiger partial charge in [0, 0.05) is 4.47 Å². The maximum absolute atomic E-state index is 10.7. The van der Waals surface area contributed by atoms with Gasteiger partial charge in [0.1, 0.15) is 6.61 Å². The summed E-state index contributed by atoms with van der Waals surface area (Å²) in [5, 5.41) is 26.5. The largest absolute Gasteiger partial charge is 0.481 e. The van der Waals surface area contributed by atoms with Crippen LogP contribution in [0.4, 0.5) is 0 Å². The molecular formula is C13H14BrN3O3S. The van der Waals surface area contributed by atoms with Crippen LogP contribution < -0.4 is 0 Å². The summed E-state index contributed by atoms with van der Waals surface area (Å²) in [7, 11) is 0. The van der Waals surface area contributed by atoms with Gasteiger partial charge in [-0.1, -0.05) is 27.7 Å². The highest BCUT2D eigenvalue weighted by Gasteiger charge is 2.16. The van der Waals surface area contributed by atoms with Gasteiger partial charge in [0.2, 0.25) is 0 Å². The van der Waals surface area contributed by atoms with Crippen molar-refractivity contribution >= 4 is 33.7 Å². The molecule has 6 nitrogen and oxygen atoms in total. The molecule has 0 saturated heterocycles. The van der Waals surface area contributed by atoms with E-state index in [9.17, 15) is 9.90 Å². The van der Waals surface area contributed by atoms with Crippen molar-refractivity contribution in [1.82, 2.24) is 14.8 Å². The first-order valence-electron chi connectivity index (χ1n) is 6.11. The number of carboxylic acid groups (broad SMARTS) is 1. The lowest BCUT2D eigenvalue weighted by Crippen LogP contribution is -2.05. The Labute approximate surface area is 134 Å². The molecule has 1 aromatic heterocycles. The Morgan fingerprint density at radius 3 is 2.48 bits per heavy atom. The monoisotopic (exact) mass is 371 g/mol. The number of nitrogens with zero attached hydrogens (tertiary/aromatic N) is 3. The van der Waals surface area contributed by atoms with Crippen molar-refractivity contribution in [2.24, 2.45) is 0 Å². The average Bonchev–Trinajstić information content (AvgIpc) is 2.84. The molecule has 0 saturated carbocycles. The fraction of sp³-hybridized carbons (Fsp3) is 0.308. The molecule has 0 amide bonds. The lowest BCUT2D eigenvalue weighted by Gasteiger charge is -2.12. The average molecular weight is 372 g/mol. The van der Waals surface area contributed by atoms with Gasteiger partial charge in [-0.3, -0.25) is 9.36 Å². The summed E-state index contributed by atoms with van der Waals surface area (Å²) in [6.07, 6.45) is 0. The van der Waals surface area contributed by atoms with E-state index in [1.807, 2.05) is 26.0 Å². The van der Waals surface area contributed by atoms with E-state index in [2.05, 4.69) is 26.1 Å². The zero-order valence-corrected chi connectivity index (χ0v) is 13.9. The van der Waals surface area contributed by atoms with E-state index >= 15 is 0 Å². The third-order valence-corrected chi connectivity index (χ3v) is 5.01. The Balaban J connectivity index is 2.51. The molecule has 0 unspecified atom stereocenters. The molecule has 2 rings (SSSR count). The van der Waals surface area contributed by atoms with E-state index in [-0.39, 0.29) is 12.4 Å². The molecule has 8 heteroatoms. The number of rotatable bonds is 5. The van der Waals surface area contributed by atoms with Gasteiger partial charge in [-0.2, -0.15) is 0 Å². The number of halogens is 1. The molecule has 0 fully saturated rings. The van der Waals surface area contributed by atoms with E-state index in [4.69, 9.17) is 5.11 Å². The highest BCUT2D eigenvalue weighted by atomic mass is 79.9. The Morgan fingerprint density at radius 1 is 1.33 bits per heavy atom. The number of carbonyl (C=O) groups is 1. The van der Waals surface area contributed by atoms with Crippen LogP contribution in [0.2, 0.25) is 0 Å². The summed E-state index contributed by atoms with van der Waals surface area (Å²) in [6, 6.07) is 3.87. The number of aliphatic hydroxyl groups is 1. The minimum atomic E-state index is -0.928. The smallest absolute Gasteiger partial charge is 0.313 e. The van der Waals surface area contributed by atoms with Gasteiger partial charge in [-0.05, 0) is 37.1 Å². The lowest BCUT2D eigenvalue weighted by molar-refractivity contribution is -0.133.